The molecule has 0 aliphatic carbocycles. The zero-order chi connectivity index (χ0) is 17.4. The maximum Gasteiger partial charge on any atom is 0.346 e. The molecule has 0 aliphatic rings. The number of fused-ring (bicyclic) bond motifs is 1. The molecule has 2 aromatic heterocycles. The quantitative estimate of drug-likeness (QED) is 0.537. The maximum atomic E-state index is 12.4. The Bertz CT molecular complexity index is 1110. The van der Waals surface area contributed by atoms with Gasteiger partial charge in [-0.15, -0.1) is 11.3 Å². The van der Waals surface area contributed by atoms with E-state index in [-0.39, 0.29) is 5.75 Å². The molecule has 0 bridgehead atoms. The summed E-state index contributed by atoms with van der Waals surface area (Å²) in [6.07, 6.45) is 0.700. The minimum Gasteiger partial charge on any atom is -0.508 e. The minimum absolute atomic E-state index is 0.145. The average molecular weight is 349 g/mol. The molecule has 4 nitrogen and oxygen atoms in total. The summed E-state index contributed by atoms with van der Waals surface area (Å²) in [7, 11) is 0. The van der Waals surface area contributed by atoms with Crippen molar-refractivity contribution in [2.45, 2.75) is 13.3 Å². The Hall–Kier alpha value is -2.92. The Balaban J connectivity index is 1.84. The standard InChI is InChI=1S/C20H15NO3S/c1-2-12-8-14-9-15(20(23)24-18(14)10-17(12)22)19-21-16(11-25-19)13-6-4-3-5-7-13/h3-11,22H,2H2,1H3. The zero-order valence-electron chi connectivity index (χ0n) is 13.5. The molecule has 2 aromatic carbocycles. The smallest absolute Gasteiger partial charge is 0.346 e. The summed E-state index contributed by atoms with van der Waals surface area (Å²) in [6.45, 7) is 1.97. The first-order valence-electron chi connectivity index (χ1n) is 7.97. The van der Waals surface area contributed by atoms with Crippen molar-refractivity contribution in [1.29, 1.82) is 0 Å². The third-order valence-corrected chi connectivity index (χ3v) is 4.99. The van der Waals surface area contributed by atoms with Gasteiger partial charge >= 0.3 is 5.63 Å². The predicted molar refractivity (Wildman–Crippen MR) is 100 cm³/mol. The Morgan fingerprint density at radius 2 is 1.96 bits per heavy atom. The first-order chi connectivity index (χ1) is 12.2. The monoisotopic (exact) mass is 349 g/mol. The average Bonchev–Trinajstić information content (AvgIpc) is 3.11. The van der Waals surface area contributed by atoms with E-state index in [1.54, 1.807) is 6.07 Å². The van der Waals surface area contributed by atoms with Crippen LogP contribution in [0.2, 0.25) is 0 Å². The fourth-order valence-electron chi connectivity index (χ4n) is 2.77. The van der Waals surface area contributed by atoms with Crippen molar-refractivity contribution in [2.75, 3.05) is 0 Å². The van der Waals surface area contributed by atoms with Crippen LogP contribution in [0, 0.1) is 0 Å². The molecule has 0 saturated heterocycles. The largest absolute Gasteiger partial charge is 0.508 e. The molecule has 124 valence electrons. The van der Waals surface area contributed by atoms with Gasteiger partial charge in [0.05, 0.1) is 11.3 Å². The molecular formula is C20H15NO3S. The second-order valence-electron chi connectivity index (χ2n) is 5.72. The molecule has 5 heteroatoms. The van der Waals surface area contributed by atoms with Crippen LogP contribution in [-0.4, -0.2) is 10.1 Å². The lowest BCUT2D eigenvalue weighted by atomic mass is 10.1. The van der Waals surface area contributed by atoms with Gasteiger partial charge in [0, 0.05) is 22.4 Å². The Labute approximate surface area is 148 Å². The van der Waals surface area contributed by atoms with E-state index < -0.39 is 5.63 Å². The molecule has 1 N–H and O–H groups in total. The number of aromatic nitrogens is 1. The van der Waals surface area contributed by atoms with Gasteiger partial charge < -0.3 is 9.52 Å². The van der Waals surface area contributed by atoms with Crippen LogP contribution in [0.4, 0.5) is 0 Å². The highest BCUT2D eigenvalue weighted by Gasteiger charge is 2.14. The van der Waals surface area contributed by atoms with E-state index in [9.17, 15) is 9.90 Å². The number of rotatable bonds is 3. The van der Waals surface area contributed by atoms with E-state index >= 15 is 0 Å². The summed E-state index contributed by atoms with van der Waals surface area (Å²) in [5.74, 6) is 0.145. The number of hydrogen-bond donors (Lipinski definition) is 1. The van der Waals surface area contributed by atoms with E-state index in [4.69, 9.17) is 4.42 Å². The van der Waals surface area contributed by atoms with Gasteiger partial charge in [-0.05, 0) is 24.1 Å². The summed E-state index contributed by atoms with van der Waals surface area (Å²) in [5, 5.41) is 13.3. The van der Waals surface area contributed by atoms with Gasteiger partial charge in [-0.3, -0.25) is 0 Å². The number of benzene rings is 2. The van der Waals surface area contributed by atoms with Crippen LogP contribution >= 0.6 is 11.3 Å². The molecule has 4 rings (SSSR count). The fraction of sp³-hybridized carbons (Fsp3) is 0.100. The van der Waals surface area contributed by atoms with Crippen molar-refractivity contribution in [1.82, 2.24) is 4.98 Å². The predicted octanol–water partition coefficient (Wildman–Crippen LogP) is 4.85. The lowest BCUT2D eigenvalue weighted by molar-refractivity contribution is 0.467. The van der Waals surface area contributed by atoms with Gasteiger partial charge in [-0.25, -0.2) is 9.78 Å². The highest BCUT2D eigenvalue weighted by atomic mass is 32.1. The van der Waals surface area contributed by atoms with Crippen molar-refractivity contribution in [3.05, 3.63) is 69.9 Å². The lowest BCUT2D eigenvalue weighted by Crippen LogP contribution is -2.02. The summed E-state index contributed by atoms with van der Waals surface area (Å²) >= 11 is 1.41. The van der Waals surface area contributed by atoms with E-state index in [1.807, 2.05) is 48.7 Å². The van der Waals surface area contributed by atoms with Gasteiger partial charge in [0.1, 0.15) is 16.3 Å². The number of aromatic hydroxyl groups is 1. The van der Waals surface area contributed by atoms with Crippen molar-refractivity contribution in [3.8, 4) is 27.6 Å². The Morgan fingerprint density at radius 1 is 1.16 bits per heavy atom. The first kappa shape index (κ1) is 15.6. The molecule has 0 aliphatic heterocycles. The molecule has 0 spiro atoms. The lowest BCUT2D eigenvalue weighted by Gasteiger charge is -2.05. The van der Waals surface area contributed by atoms with Crippen LogP contribution in [0.15, 0.2) is 63.1 Å². The first-order valence-corrected chi connectivity index (χ1v) is 8.84. The van der Waals surface area contributed by atoms with Gasteiger partial charge in [0.25, 0.3) is 0 Å². The van der Waals surface area contributed by atoms with Crippen LogP contribution in [0.25, 0.3) is 32.8 Å². The number of hydrogen-bond acceptors (Lipinski definition) is 5. The third kappa shape index (κ3) is 2.83. The van der Waals surface area contributed by atoms with Gasteiger partial charge in [0.2, 0.25) is 0 Å². The van der Waals surface area contributed by atoms with Crippen LogP contribution in [0.3, 0.4) is 0 Å². The number of phenols is 1. The molecule has 0 saturated carbocycles. The number of thiazole rings is 1. The maximum absolute atomic E-state index is 12.4. The zero-order valence-corrected chi connectivity index (χ0v) is 14.3. The normalized spacial score (nSPS) is 11.1. The molecule has 0 fully saturated rings. The van der Waals surface area contributed by atoms with E-state index in [0.717, 1.165) is 22.2 Å². The van der Waals surface area contributed by atoms with Crippen molar-refractivity contribution in [2.24, 2.45) is 0 Å². The van der Waals surface area contributed by atoms with Crippen molar-refractivity contribution < 1.29 is 9.52 Å². The molecule has 0 amide bonds. The second kappa shape index (κ2) is 6.18. The van der Waals surface area contributed by atoms with E-state index in [2.05, 4.69) is 4.98 Å². The summed E-state index contributed by atoms with van der Waals surface area (Å²) < 4.78 is 5.39. The van der Waals surface area contributed by atoms with Gasteiger partial charge in [-0.2, -0.15) is 0 Å². The SMILES string of the molecule is CCc1cc2cc(-c3nc(-c4ccccc4)cs3)c(=O)oc2cc1O. The highest BCUT2D eigenvalue weighted by molar-refractivity contribution is 7.13. The Kier molecular flexibility index (Phi) is 3.86. The molecular weight excluding hydrogens is 334 g/mol. The molecule has 25 heavy (non-hydrogen) atoms. The van der Waals surface area contributed by atoms with Gasteiger partial charge in [-0.1, -0.05) is 37.3 Å². The topological polar surface area (TPSA) is 63.3 Å². The van der Waals surface area contributed by atoms with E-state index in [0.29, 0.717) is 22.6 Å². The van der Waals surface area contributed by atoms with Crippen molar-refractivity contribution >= 4 is 22.3 Å². The third-order valence-electron chi connectivity index (χ3n) is 4.12. The van der Waals surface area contributed by atoms with Crippen LogP contribution in [-0.2, 0) is 6.42 Å². The van der Waals surface area contributed by atoms with Crippen LogP contribution in [0.5, 0.6) is 5.75 Å². The number of aryl methyl sites for hydroxylation is 1. The highest BCUT2D eigenvalue weighted by Crippen LogP contribution is 2.30. The Morgan fingerprint density at radius 3 is 2.72 bits per heavy atom. The molecule has 4 aromatic rings. The molecule has 0 unspecified atom stereocenters. The van der Waals surface area contributed by atoms with Crippen molar-refractivity contribution in [3.63, 3.8) is 0 Å². The minimum atomic E-state index is -0.454. The summed E-state index contributed by atoms with van der Waals surface area (Å²) in [6, 6.07) is 15.0. The summed E-state index contributed by atoms with van der Waals surface area (Å²) in [4.78, 5) is 17.0. The molecule has 2 heterocycles. The number of nitrogens with zero attached hydrogens (tertiary/aromatic N) is 1. The molecule has 0 radical (unpaired) electrons. The fourth-order valence-corrected chi connectivity index (χ4v) is 3.61. The number of phenolic OH excluding ortho intramolecular Hbond substituents is 1. The van der Waals surface area contributed by atoms with Crippen LogP contribution in [0.1, 0.15) is 12.5 Å². The van der Waals surface area contributed by atoms with Crippen LogP contribution < -0.4 is 5.63 Å². The second-order valence-corrected chi connectivity index (χ2v) is 6.58. The molecule has 0 atom stereocenters. The summed E-state index contributed by atoms with van der Waals surface area (Å²) in [5.41, 5.74) is 3.02. The van der Waals surface area contributed by atoms with Gasteiger partial charge in [0.15, 0.2) is 0 Å². The van der Waals surface area contributed by atoms with E-state index in [1.165, 1.54) is 17.4 Å².